The lowest BCUT2D eigenvalue weighted by Crippen LogP contribution is -2.40. The van der Waals surface area contributed by atoms with Gasteiger partial charge in [-0.3, -0.25) is 4.79 Å². The highest BCUT2D eigenvalue weighted by Crippen LogP contribution is 2.24. The fourth-order valence-corrected chi connectivity index (χ4v) is 3.99. The Morgan fingerprint density at radius 3 is 2.86 bits per heavy atom. The highest BCUT2D eigenvalue weighted by atomic mass is 16.2. The number of carbonyl (C=O) groups is 1. The first-order valence-electron chi connectivity index (χ1n) is 9.75. The Morgan fingerprint density at radius 2 is 2.00 bits per heavy atom. The SMILES string of the molecule is C[C@H]1CN(C(=O)c2cnn3cccnc23)Cc2nnc(CCc3ccccc3)n21. The van der Waals surface area contributed by atoms with E-state index in [1.807, 2.05) is 6.07 Å². The van der Waals surface area contributed by atoms with Gasteiger partial charge in [0.25, 0.3) is 5.91 Å². The summed E-state index contributed by atoms with van der Waals surface area (Å²) in [5.74, 6) is 1.72. The van der Waals surface area contributed by atoms with Gasteiger partial charge in [-0.05, 0) is 25.0 Å². The Balaban J connectivity index is 1.36. The summed E-state index contributed by atoms with van der Waals surface area (Å²) in [5, 5.41) is 13.0. The number of carbonyl (C=O) groups excluding carboxylic acids is 1. The van der Waals surface area contributed by atoms with Crippen LogP contribution in [0.4, 0.5) is 0 Å². The van der Waals surface area contributed by atoms with Gasteiger partial charge in [0.1, 0.15) is 11.4 Å². The Labute approximate surface area is 167 Å². The van der Waals surface area contributed by atoms with Gasteiger partial charge in [-0.25, -0.2) is 9.50 Å². The van der Waals surface area contributed by atoms with Crippen molar-refractivity contribution in [1.82, 2.24) is 34.3 Å². The van der Waals surface area contributed by atoms with Crippen LogP contribution in [-0.2, 0) is 19.4 Å². The number of benzene rings is 1. The molecule has 146 valence electrons. The van der Waals surface area contributed by atoms with Crippen LogP contribution in [-0.4, -0.2) is 46.7 Å². The number of fused-ring (bicyclic) bond motifs is 2. The molecule has 0 spiro atoms. The van der Waals surface area contributed by atoms with Crippen LogP contribution in [0.3, 0.4) is 0 Å². The van der Waals surface area contributed by atoms with Crippen LogP contribution < -0.4 is 0 Å². The van der Waals surface area contributed by atoms with Crippen LogP contribution in [0, 0.1) is 0 Å². The van der Waals surface area contributed by atoms with Gasteiger partial charge >= 0.3 is 0 Å². The standard InChI is InChI=1S/C21H21N7O/c1-15-13-26(21(29)17-12-23-27-11-5-10-22-20(17)27)14-19-25-24-18(28(15)19)9-8-16-6-3-2-4-7-16/h2-7,10-12,15H,8-9,13-14H2,1H3/t15-/m0/s1. The second-order valence-corrected chi connectivity index (χ2v) is 7.37. The lowest BCUT2D eigenvalue weighted by atomic mass is 10.1. The topological polar surface area (TPSA) is 81.2 Å². The summed E-state index contributed by atoms with van der Waals surface area (Å²) >= 11 is 0. The fourth-order valence-electron chi connectivity index (χ4n) is 3.99. The third-order valence-corrected chi connectivity index (χ3v) is 5.37. The van der Waals surface area contributed by atoms with E-state index in [4.69, 9.17) is 0 Å². The third kappa shape index (κ3) is 3.16. The molecule has 8 nitrogen and oxygen atoms in total. The van der Waals surface area contributed by atoms with Crippen molar-refractivity contribution < 1.29 is 4.79 Å². The second-order valence-electron chi connectivity index (χ2n) is 7.37. The summed E-state index contributed by atoms with van der Waals surface area (Å²) in [5.41, 5.74) is 2.36. The number of hydrogen-bond donors (Lipinski definition) is 0. The molecule has 0 saturated heterocycles. The van der Waals surface area contributed by atoms with E-state index in [1.165, 1.54) is 5.56 Å². The third-order valence-electron chi connectivity index (χ3n) is 5.37. The van der Waals surface area contributed by atoms with Gasteiger partial charge in [0, 0.05) is 25.4 Å². The van der Waals surface area contributed by atoms with Crippen molar-refractivity contribution in [2.45, 2.75) is 32.4 Å². The summed E-state index contributed by atoms with van der Waals surface area (Å²) in [6.07, 6.45) is 6.78. The predicted octanol–water partition coefficient (Wildman–Crippen LogP) is 2.32. The number of aromatic nitrogens is 6. The normalized spacial score (nSPS) is 16.2. The molecule has 8 heteroatoms. The van der Waals surface area contributed by atoms with Gasteiger partial charge in [0.2, 0.25) is 0 Å². The molecule has 0 saturated carbocycles. The zero-order chi connectivity index (χ0) is 19.8. The average molecular weight is 387 g/mol. The van der Waals surface area contributed by atoms with Gasteiger partial charge in [-0.2, -0.15) is 5.10 Å². The van der Waals surface area contributed by atoms with Crippen LogP contribution in [0.2, 0.25) is 0 Å². The van der Waals surface area contributed by atoms with Gasteiger partial charge in [0.05, 0.1) is 18.8 Å². The molecule has 1 aliphatic heterocycles. The van der Waals surface area contributed by atoms with Crippen LogP contribution in [0.15, 0.2) is 55.0 Å². The molecule has 3 aromatic heterocycles. The molecule has 0 N–H and O–H groups in total. The van der Waals surface area contributed by atoms with Crippen molar-refractivity contribution >= 4 is 11.6 Å². The van der Waals surface area contributed by atoms with E-state index in [0.717, 1.165) is 24.5 Å². The van der Waals surface area contributed by atoms with Crippen LogP contribution in [0.5, 0.6) is 0 Å². The Morgan fingerprint density at radius 1 is 1.14 bits per heavy atom. The molecular weight excluding hydrogens is 366 g/mol. The number of nitrogens with zero attached hydrogens (tertiary/aromatic N) is 7. The summed E-state index contributed by atoms with van der Waals surface area (Å²) in [4.78, 5) is 19.2. The minimum Gasteiger partial charge on any atom is -0.329 e. The first-order valence-corrected chi connectivity index (χ1v) is 9.75. The molecule has 1 aromatic carbocycles. The molecule has 5 rings (SSSR count). The average Bonchev–Trinajstić information content (AvgIpc) is 3.37. The van der Waals surface area contributed by atoms with E-state index < -0.39 is 0 Å². The van der Waals surface area contributed by atoms with Crippen LogP contribution in [0.1, 0.15) is 40.5 Å². The van der Waals surface area contributed by atoms with Crippen molar-refractivity contribution in [3.05, 3.63) is 77.8 Å². The van der Waals surface area contributed by atoms with Crippen LogP contribution in [0.25, 0.3) is 5.65 Å². The Hall–Kier alpha value is -3.55. The highest BCUT2D eigenvalue weighted by Gasteiger charge is 2.30. The monoisotopic (exact) mass is 387 g/mol. The first kappa shape index (κ1) is 17.5. The maximum atomic E-state index is 13.1. The second kappa shape index (κ2) is 7.12. The number of aryl methyl sites for hydroxylation is 2. The predicted molar refractivity (Wildman–Crippen MR) is 106 cm³/mol. The maximum Gasteiger partial charge on any atom is 0.259 e. The van der Waals surface area contributed by atoms with E-state index >= 15 is 0 Å². The smallest absolute Gasteiger partial charge is 0.259 e. The van der Waals surface area contributed by atoms with Gasteiger partial charge < -0.3 is 9.47 Å². The molecule has 1 amide bonds. The summed E-state index contributed by atoms with van der Waals surface area (Å²) in [6, 6.07) is 12.3. The summed E-state index contributed by atoms with van der Waals surface area (Å²) < 4.78 is 3.80. The lowest BCUT2D eigenvalue weighted by Gasteiger charge is -2.32. The quantitative estimate of drug-likeness (QED) is 0.537. The van der Waals surface area contributed by atoms with E-state index in [1.54, 1.807) is 34.1 Å². The van der Waals surface area contributed by atoms with Crippen molar-refractivity contribution in [3.63, 3.8) is 0 Å². The van der Waals surface area contributed by atoms with Crippen molar-refractivity contribution in [3.8, 4) is 0 Å². The lowest BCUT2D eigenvalue weighted by molar-refractivity contribution is 0.0681. The number of amides is 1. The van der Waals surface area contributed by atoms with E-state index in [2.05, 4.69) is 56.0 Å². The van der Waals surface area contributed by atoms with Crippen molar-refractivity contribution in [2.24, 2.45) is 0 Å². The van der Waals surface area contributed by atoms with Crippen LogP contribution >= 0.6 is 0 Å². The number of hydrogen-bond acceptors (Lipinski definition) is 5. The molecule has 1 aliphatic rings. The maximum absolute atomic E-state index is 13.1. The number of rotatable bonds is 4. The molecule has 0 aliphatic carbocycles. The molecule has 4 heterocycles. The highest BCUT2D eigenvalue weighted by molar-refractivity contribution is 5.99. The fraction of sp³-hybridized carbons (Fsp3) is 0.286. The van der Waals surface area contributed by atoms with Gasteiger partial charge in [-0.1, -0.05) is 30.3 Å². The van der Waals surface area contributed by atoms with Gasteiger partial charge in [-0.15, -0.1) is 10.2 Å². The zero-order valence-electron chi connectivity index (χ0n) is 16.1. The van der Waals surface area contributed by atoms with E-state index in [-0.39, 0.29) is 11.9 Å². The van der Waals surface area contributed by atoms with Crippen molar-refractivity contribution in [2.75, 3.05) is 6.54 Å². The molecule has 0 fully saturated rings. The minimum absolute atomic E-state index is 0.0781. The summed E-state index contributed by atoms with van der Waals surface area (Å²) in [7, 11) is 0. The van der Waals surface area contributed by atoms with E-state index in [9.17, 15) is 4.79 Å². The Bertz CT molecular complexity index is 1160. The first-order chi connectivity index (χ1) is 14.2. The van der Waals surface area contributed by atoms with Gasteiger partial charge in [0.15, 0.2) is 11.5 Å². The molecule has 0 bridgehead atoms. The zero-order valence-corrected chi connectivity index (χ0v) is 16.1. The summed E-state index contributed by atoms with van der Waals surface area (Å²) in [6.45, 7) is 3.14. The minimum atomic E-state index is -0.0781. The van der Waals surface area contributed by atoms with E-state index in [0.29, 0.717) is 24.3 Å². The van der Waals surface area contributed by atoms with Crippen molar-refractivity contribution in [1.29, 1.82) is 0 Å². The Kier molecular flexibility index (Phi) is 4.31. The largest absolute Gasteiger partial charge is 0.329 e. The molecule has 1 atom stereocenters. The molecule has 0 unspecified atom stereocenters. The molecule has 0 radical (unpaired) electrons. The molecular formula is C21H21N7O. The molecule has 4 aromatic rings. The molecule has 29 heavy (non-hydrogen) atoms.